The molecule has 19 heavy (non-hydrogen) atoms. The van der Waals surface area contributed by atoms with Gasteiger partial charge in [-0.3, -0.25) is 4.68 Å². The second-order valence-corrected chi connectivity index (χ2v) is 4.92. The first kappa shape index (κ1) is 12.2. The Morgan fingerprint density at radius 2 is 2.16 bits per heavy atom. The molecule has 1 aliphatic rings. The molecule has 1 aromatic heterocycles. The third kappa shape index (κ3) is 2.63. The number of nitrogens with one attached hydrogen (secondary N) is 1. The molecule has 1 saturated heterocycles. The molecule has 0 bridgehead atoms. The van der Waals surface area contributed by atoms with E-state index in [1.807, 2.05) is 10.9 Å². The summed E-state index contributed by atoms with van der Waals surface area (Å²) in [5.74, 6) is 0. The van der Waals surface area contributed by atoms with E-state index in [9.17, 15) is 0 Å². The first-order chi connectivity index (χ1) is 9.36. The van der Waals surface area contributed by atoms with Crippen LogP contribution >= 0.6 is 0 Å². The van der Waals surface area contributed by atoms with Crippen molar-refractivity contribution in [3.63, 3.8) is 0 Å². The molecule has 1 atom stereocenters. The summed E-state index contributed by atoms with van der Waals surface area (Å²) in [7, 11) is 0. The Balaban J connectivity index is 1.74. The fourth-order valence-electron chi connectivity index (χ4n) is 2.58. The first-order valence-corrected chi connectivity index (χ1v) is 6.92. The molecule has 2 aromatic rings. The maximum atomic E-state index is 4.36. The summed E-state index contributed by atoms with van der Waals surface area (Å²) < 4.78 is 1.98. The van der Waals surface area contributed by atoms with Crippen LogP contribution in [-0.4, -0.2) is 29.4 Å². The van der Waals surface area contributed by atoms with Gasteiger partial charge in [0.2, 0.25) is 0 Å². The van der Waals surface area contributed by atoms with E-state index >= 15 is 0 Å². The van der Waals surface area contributed by atoms with E-state index in [-0.39, 0.29) is 0 Å². The smallest absolute Gasteiger partial charge is 0.0753 e. The molecular weight excluding hydrogens is 236 g/mol. The summed E-state index contributed by atoms with van der Waals surface area (Å²) in [5.41, 5.74) is 2.58. The molecule has 0 spiro atoms. The number of aromatic nitrogens is 2. The van der Waals surface area contributed by atoms with E-state index in [1.165, 1.54) is 11.3 Å². The molecule has 4 nitrogen and oxygen atoms in total. The maximum Gasteiger partial charge on any atom is 0.0753 e. The van der Waals surface area contributed by atoms with E-state index in [0.717, 1.165) is 26.2 Å². The molecule has 1 N–H and O–H groups in total. The van der Waals surface area contributed by atoms with Crippen LogP contribution in [0.25, 0.3) is 0 Å². The molecule has 0 aliphatic carbocycles. The van der Waals surface area contributed by atoms with Gasteiger partial charge in [-0.1, -0.05) is 30.3 Å². The predicted octanol–water partition coefficient (Wildman–Crippen LogP) is 2.05. The molecule has 1 aromatic carbocycles. The van der Waals surface area contributed by atoms with Crippen molar-refractivity contribution in [1.82, 2.24) is 15.1 Å². The zero-order valence-electron chi connectivity index (χ0n) is 11.3. The topological polar surface area (TPSA) is 33.1 Å². The molecule has 0 amide bonds. The van der Waals surface area contributed by atoms with Gasteiger partial charge in [0, 0.05) is 38.4 Å². The molecule has 1 unspecified atom stereocenters. The molecule has 1 aliphatic heterocycles. The Labute approximate surface area is 114 Å². The van der Waals surface area contributed by atoms with Crippen molar-refractivity contribution in [2.24, 2.45) is 0 Å². The number of piperazine rings is 1. The lowest BCUT2D eigenvalue weighted by Gasteiger charge is -2.34. The lowest BCUT2D eigenvalue weighted by molar-refractivity contribution is 0.472. The average Bonchev–Trinajstić information content (AvgIpc) is 2.97. The normalized spacial score (nSPS) is 19.6. The molecule has 3 rings (SSSR count). The zero-order chi connectivity index (χ0) is 13.1. The third-order valence-electron chi connectivity index (χ3n) is 3.69. The van der Waals surface area contributed by atoms with Gasteiger partial charge in [-0.15, -0.1) is 0 Å². The van der Waals surface area contributed by atoms with E-state index < -0.39 is 0 Å². The van der Waals surface area contributed by atoms with Gasteiger partial charge in [-0.05, 0) is 12.5 Å². The van der Waals surface area contributed by atoms with Crippen LogP contribution in [0.2, 0.25) is 0 Å². The zero-order valence-corrected chi connectivity index (χ0v) is 11.3. The van der Waals surface area contributed by atoms with Crippen LogP contribution < -0.4 is 10.2 Å². The van der Waals surface area contributed by atoms with Crippen LogP contribution in [0.5, 0.6) is 0 Å². The van der Waals surface area contributed by atoms with E-state index in [4.69, 9.17) is 0 Å². The summed E-state index contributed by atoms with van der Waals surface area (Å²) in [5, 5.41) is 7.95. The van der Waals surface area contributed by atoms with E-state index in [0.29, 0.717) is 6.04 Å². The summed E-state index contributed by atoms with van der Waals surface area (Å²) in [6, 6.07) is 11.1. The number of rotatable bonds is 3. The monoisotopic (exact) mass is 256 g/mol. The van der Waals surface area contributed by atoms with Gasteiger partial charge in [0.1, 0.15) is 0 Å². The Morgan fingerprint density at radius 3 is 2.89 bits per heavy atom. The van der Waals surface area contributed by atoms with Crippen molar-refractivity contribution in [2.75, 3.05) is 24.5 Å². The maximum absolute atomic E-state index is 4.36. The highest BCUT2D eigenvalue weighted by Gasteiger charge is 2.21. The Kier molecular flexibility index (Phi) is 3.51. The molecule has 4 heteroatoms. The molecule has 0 radical (unpaired) electrons. The SMILES string of the molecule is CCn1cc(N2CCNC(c3ccccc3)C2)cn1. The molecule has 100 valence electrons. The molecule has 1 fully saturated rings. The number of hydrogen-bond donors (Lipinski definition) is 1. The van der Waals surface area contributed by atoms with Crippen molar-refractivity contribution in [3.8, 4) is 0 Å². The quantitative estimate of drug-likeness (QED) is 0.912. The molecule has 0 saturated carbocycles. The lowest BCUT2D eigenvalue weighted by atomic mass is 10.0. The van der Waals surface area contributed by atoms with Gasteiger partial charge in [-0.2, -0.15) is 5.10 Å². The number of aryl methyl sites for hydroxylation is 1. The fourth-order valence-corrected chi connectivity index (χ4v) is 2.58. The van der Waals surface area contributed by atoms with Gasteiger partial charge in [-0.25, -0.2) is 0 Å². The standard InChI is InChI=1S/C15H20N4/c1-2-19-11-14(10-17-19)18-9-8-16-15(12-18)13-6-4-3-5-7-13/h3-7,10-11,15-16H,2,8-9,12H2,1H3. The third-order valence-corrected chi connectivity index (χ3v) is 3.69. The highest BCUT2D eigenvalue weighted by molar-refractivity contribution is 5.44. The largest absolute Gasteiger partial charge is 0.366 e. The van der Waals surface area contributed by atoms with Gasteiger partial charge >= 0.3 is 0 Å². The molecular formula is C15H20N4. The lowest BCUT2D eigenvalue weighted by Crippen LogP contribution is -2.45. The fraction of sp³-hybridized carbons (Fsp3) is 0.400. The minimum atomic E-state index is 0.403. The van der Waals surface area contributed by atoms with Crippen molar-refractivity contribution in [2.45, 2.75) is 19.5 Å². The van der Waals surface area contributed by atoms with Crippen molar-refractivity contribution in [3.05, 3.63) is 48.3 Å². The van der Waals surface area contributed by atoms with Crippen LogP contribution in [0.4, 0.5) is 5.69 Å². The van der Waals surface area contributed by atoms with Crippen molar-refractivity contribution < 1.29 is 0 Å². The van der Waals surface area contributed by atoms with Gasteiger partial charge in [0.25, 0.3) is 0 Å². The minimum absolute atomic E-state index is 0.403. The summed E-state index contributed by atoms with van der Waals surface area (Å²) in [4.78, 5) is 2.41. The second-order valence-electron chi connectivity index (χ2n) is 4.92. The van der Waals surface area contributed by atoms with Crippen LogP contribution in [0.15, 0.2) is 42.7 Å². The Hall–Kier alpha value is -1.81. The number of hydrogen-bond acceptors (Lipinski definition) is 3. The van der Waals surface area contributed by atoms with Crippen LogP contribution in [0, 0.1) is 0 Å². The van der Waals surface area contributed by atoms with Crippen LogP contribution in [0.1, 0.15) is 18.5 Å². The van der Waals surface area contributed by atoms with Crippen LogP contribution in [-0.2, 0) is 6.54 Å². The second kappa shape index (κ2) is 5.45. The van der Waals surface area contributed by atoms with Gasteiger partial charge in [0.05, 0.1) is 11.9 Å². The summed E-state index contributed by atoms with van der Waals surface area (Å²) >= 11 is 0. The number of benzene rings is 1. The van der Waals surface area contributed by atoms with E-state index in [2.05, 4.69) is 58.8 Å². The van der Waals surface area contributed by atoms with E-state index in [1.54, 1.807) is 0 Å². The van der Waals surface area contributed by atoms with Crippen molar-refractivity contribution in [1.29, 1.82) is 0 Å². The number of nitrogens with zero attached hydrogens (tertiary/aromatic N) is 3. The van der Waals surface area contributed by atoms with Crippen LogP contribution in [0.3, 0.4) is 0 Å². The minimum Gasteiger partial charge on any atom is -0.366 e. The molecule has 2 heterocycles. The highest BCUT2D eigenvalue weighted by Crippen LogP contribution is 2.21. The van der Waals surface area contributed by atoms with Gasteiger partial charge < -0.3 is 10.2 Å². The Bertz CT molecular complexity index is 520. The van der Waals surface area contributed by atoms with Crippen molar-refractivity contribution >= 4 is 5.69 Å². The predicted molar refractivity (Wildman–Crippen MR) is 77.3 cm³/mol. The first-order valence-electron chi connectivity index (χ1n) is 6.92. The van der Waals surface area contributed by atoms with Gasteiger partial charge in [0.15, 0.2) is 0 Å². The summed E-state index contributed by atoms with van der Waals surface area (Å²) in [6.45, 7) is 6.09. The Morgan fingerprint density at radius 1 is 1.32 bits per heavy atom. The highest BCUT2D eigenvalue weighted by atomic mass is 15.3. The average molecular weight is 256 g/mol. The number of anilines is 1. The summed E-state index contributed by atoms with van der Waals surface area (Å²) in [6.07, 6.45) is 4.10.